The van der Waals surface area contributed by atoms with Gasteiger partial charge in [-0.1, -0.05) is 13.8 Å². The molecule has 4 heteroatoms. The maximum absolute atomic E-state index is 8.73. The monoisotopic (exact) mass is 347 g/mol. The molecule has 0 saturated carbocycles. The van der Waals surface area contributed by atoms with E-state index in [1.54, 1.807) is 12.1 Å². The molecule has 0 aliphatic carbocycles. The minimum atomic E-state index is -0.369. The molecule has 3 nitrogen and oxygen atoms in total. The quantitative estimate of drug-likeness (QED) is 0.455. The van der Waals surface area contributed by atoms with E-state index in [0.29, 0.717) is 11.3 Å². The standard InChI is InChI=1S/C11H12INO2.C2H6/c1-11(2,3)15-14-10-6-8(7-13)4-5-9(10)12;1-2/h4-6H,1-3H3;1-2H3. The lowest BCUT2D eigenvalue weighted by atomic mass is 10.2. The molecule has 0 radical (unpaired) electrons. The van der Waals surface area contributed by atoms with Crippen molar-refractivity contribution in [3.05, 3.63) is 27.3 Å². The third-order valence-corrected chi connectivity index (χ3v) is 2.33. The van der Waals surface area contributed by atoms with Gasteiger partial charge in [0.2, 0.25) is 0 Å². The van der Waals surface area contributed by atoms with Crippen LogP contribution >= 0.6 is 22.6 Å². The van der Waals surface area contributed by atoms with E-state index in [4.69, 9.17) is 15.0 Å². The van der Waals surface area contributed by atoms with Crippen LogP contribution in [0.15, 0.2) is 18.2 Å². The Labute approximate surface area is 117 Å². The van der Waals surface area contributed by atoms with Crippen molar-refractivity contribution in [1.29, 1.82) is 5.26 Å². The molecule has 1 aromatic rings. The van der Waals surface area contributed by atoms with E-state index >= 15 is 0 Å². The van der Waals surface area contributed by atoms with Gasteiger partial charge in [-0.2, -0.15) is 10.1 Å². The van der Waals surface area contributed by atoms with E-state index in [0.717, 1.165) is 3.57 Å². The lowest BCUT2D eigenvalue weighted by Gasteiger charge is -2.18. The predicted octanol–water partition coefficient (Wildman–Crippen LogP) is 4.30. The summed E-state index contributed by atoms with van der Waals surface area (Å²) in [5.74, 6) is 0.574. The normalized spacial score (nSPS) is 9.94. The number of nitriles is 1. The van der Waals surface area contributed by atoms with Crippen molar-refractivity contribution < 1.29 is 9.78 Å². The summed E-state index contributed by atoms with van der Waals surface area (Å²) in [6.45, 7) is 9.69. The van der Waals surface area contributed by atoms with Crippen LogP contribution in [-0.4, -0.2) is 5.60 Å². The van der Waals surface area contributed by atoms with Crippen LogP contribution < -0.4 is 4.89 Å². The second kappa shape index (κ2) is 7.51. The van der Waals surface area contributed by atoms with Crippen LogP contribution in [0.25, 0.3) is 0 Å². The molecule has 0 bridgehead atoms. The van der Waals surface area contributed by atoms with Crippen molar-refractivity contribution in [2.45, 2.75) is 40.2 Å². The van der Waals surface area contributed by atoms with E-state index in [2.05, 4.69) is 28.7 Å². The minimum Gasteiger partial charge on any atom is -0.336 e. The zero-order valence-corrected chi connectivity index (χ0v) is 13.0. The van der Waals surface area contributed by atoms with Crippen molar-refractivity contribution in [3.8, 4) is 11.8 Å². The molecule has 1 rings (SSSR count). The number of halogens is 1. The Morgan fingerprint density at radius 2 is 1.82 bits per heavy atom. The first-order valence-electron chi connectivity index (χ1n) is 5.48. The molecule has 0 fully saturated rings. The average molecular weight is 347 g/mol. The molecular weight excluding hydrogens is 329 g/mol. The Morgan fingerprint density at radius 1 is 1.24 bits per heavy atom. The topological polar surface area (TPSA) is 42.2 Å². The Kier molecular flexibility index (Phi) is 7.16. The van der Waals surface area contributed by atoms with Gasteiger partial charge in [-0.25, -0.2) is 0 Å². The summed E-state index contributed by atoms with van der Waals surface area (Å²) in [6.07, 6.45) is 0. The molecule has 0 saturated heterocycles. The zero-order chi connectivity index (χ0) is 13.5. The van der Waals surface area contributed by atoms with Crippen LogP contribution in [0.3, 0.4) is 0 Å². The van der Waals surface area contributed by atoms with E-state index < -0.39 is 0 Å². The Balaban J connectivity index is 0.00000121. The van der Waals surface area contributed by atoms with Gasteiger partial charge in [0.15, 0.2) is 5.75 Å². The van der Waals surface area contributed by atoms with Crippen LogP contribution in [0, 0.1) is 14.9 Å². The fourth-order valence-corrected chi connectivity index (χ4v) is 1.23. The number of hydrogen-bond donors (Lipinski definition) is 0. The summed E-state index contributed by atoms with van der Waals surface area (Å²) in [4.78, 5) is 10.4. The molecule has 0 spiro atoms. The highest BCUT2D eigenvalue weighted by molar-refractivity contribution is 14.1. The first-order chi connectivity index (χ1) is 7.92. The molecule has 94 valence electrons. The van der Waals surface area contributed by atoms with Crippen LogP contribution in [0.5, 0.6) is 5.75 Å². The molecule has 0 atom stereocenters. The molecule has 17 heavy (non-hydrogen) atoms. The SMILES string of the molecule is CC.CC(C)(C)OOc1cc(C#N)ccc1I. The van der Waals surface area contributed by atoms with E-state index in [1.807, 2.05) is 40.7 Å². The molecule has 0 unspecified atom stereocenters. The maximum atomic E-state index is 8.73. The fraction of sp³-hybridized carbons (Fsp3) is 0.462. The van der Waals surface area contributed by atoms with Crippen LogP contribution in [0.2, 0.25) is 0 Å². The summed E-state index contributed by atoms with van der Waals surface area (Å²) in [6, 6.07) is 7.27. The van der Waals surface area contributed by atoms with Gasteiger partial charge in [0.25, 0.3) is 0 Å². The third kappa shape index (κ3) is 6.49. The van der Waals surface area contributed by atoms with E-state index in [-0.39, 0.29) is 5.60 Å². The van der Waals surface area contributed by atoms with Gasteiger partial charge in [0, 0.05) is 6.07 Å². The minimum absolute atomic E-state index is 0.369. The molecular formula is C13H18INO2. The largest absolute Gasteiger partial charge is 0.336 e. The van der Waals surface area contributed by atoms with Gasteiger partial charge >= 0.3 is 0 Å². The molecule has 0 aromatic heterocycles. The fourth-order valence-electron chi connectivity index (χ4n) is 0.807. The second-order valence-corrected chi connectivity index (χ2v) is 5.20. The highest BCUT2D eigenvalue weighted by Crippen LogP contribution is 2.23. The second-order valence-electron chi connectivity index (χ2n) is 4.04. The highest BCUT2D eigenvalue weighted by Gasteiger charge is 2.14. The van der Waals surface area contributed by atoms with Crippen LogP contribution in [0.4, 0.5) is 0 Å². The maximum Gasteiger partial charge on any atom is 0.180 e. The lowest BCUT2D eigenvalue weighted by Crippen LogP contribution is -2.21. The van der Waals surface area contributed by atoms with Gasteiger partial charge in [-0.05, 0) is 55.5 Å². The average Bonchev–Trinajstić information content (AvgIpc) is 2.29. The number of rotatable bonds is 2. The molecule has 0 amide bonds. The molecule has 0 heterocycles. The Morgan fingerprint density at radius 3 is 2.29 bits per heavy atom. The summed E-state index contributed by atoms with van der Waals surface area (Å²) in [5, 5.41) is 8.73. The summed E-state index contributed by atoms with van der Waals surface area (Å²) < 4.78 is 0.913. The van der Waals surface area contributed by atoms with Crippen molar-refractivity contribution in [1.82, 2.24) is 0 Å². The van der Waals surface area contributed by atoms with E-state index in [9.17, 15) is 0 Å². The Bertz CT molecular complexity index is 391. The van der Waals surface area contributed by atoms with E-state index in [1.165, 1.54) is 0 Å². The van der Waals surface area contributed by atoms with Gasteiger partial charge in [0.1, 0.15) is 5.60 Å². The van der Waals surface area contributed by atoms with Gasteiger partial charge < -0.3 is 4.89 Å². The molecule has 0 aliphatic heterocycles. The first-order valence-corrected chi connectivity index (χ1v) is 6.55. The van der Waals surface area contributed by atoms with Crippen molar-refractivity contribution in [3.63, 3.8) is 0 Å². The number of hydrogen-bond acceptors (Lipinski definition) is 3. The first kappa shape index (κ1) is 16.2. The van der Waals surface area contributed by atoms with Crippen LogP contribution in [0.1, 0.15) is 40.2 Å². The van der Waals surface area contributed by atoms with Crippen LogP contribution in [-0.2, 0) is 4.89 Å². The van der Waals surface area contributed by atoms with Gasteiger partial charge in [-0.3, -0.25) is 0 Å². The van der Waals surface area contributed by atoms with Crippen molar-refractivity contribution >= 4 is 22.6 Å². The van der Waals surface area contributed by atoms with Gasteiger partial charge in [-0.15, -0.1) is 0 Å². The smallest absolute Gasteiger partial charge is 0.180 e. The predicted molar refractivity (Wildman–Crippen MR) is 76.7 cm³/mol. The zero-order valence-electron chi connectivity index (χ0n) is 10.9. The lowest BCUT2D eigenvalue weighted by molar-refractivity contribution is -0.275. The summed E-state index contributed by atoms with van der Waals surface area (Å²) in [7, 11) is 0. The summed E-state index contributed by atoms with van der Waals surface area (Å²) in [5.41, 5.74) is 0.189. The molecule has 0 aliphatic rings. The van der Waals surface area contributed by atoms with Crippen molar-refractivity contribution in [2.75, 3.05) is 0 Å². The summed E-state index contributed by atoms with van der Waals surface area (Å²) >= 11 is 2.13. The molecule has 0 N–H and O–H groups in total. The molecule has 1 aromatic carbocycles. The third-order valence-electron chi connectivity index (χ3n) is 1.44. The number of benzene rings is 1. The highest BCUT2D eigenvalue weighted by atomic mass is 127. The van der Waals surface area contributed by atoms with Gasteiger partial charge in [0.05, 0.1) is 15.2 Å². The number of nitrogens with zero attached hydrogens (tertiary/aromatic N) is 1. The van der Waals surface area contributed by atoms with Crippen molar-refractivity contribution in [2.24, 2.45) is 0 Å². The Hall–Kier alpha value is -0.800.